The van der Waals surface area contributed by atoms with Gasteiger partial charge in [-0.3, -0.25) is 9.59 Å². The summed E-state index contributed by atoms with van der Waals surface area (Å²) in [7, 11) is 0. The highest BCUT2D eigenvalue weighted by Gasteiger charge is 2.36. The Labute approximate surface area is 140 Å². The molecule has 0 aliphatic carbocycles. The van der Waals surface area contributed by atoms with Gasteiger partial charge in [-0.15, -0.1) is 0 Å². The van der Waals surface area contributed by atoms with Crippen LogP contribution < -0.4 is 15.5 Å². The van der Waals surface area contributed by atoms with Crippen molar-refractivity contribution in [2.24, 2.45) is 0 Å². The summed E-state index contributed by atoms with van der Waals surface area (Å²) in [6.07, 6.45) is 1.91. The zero-order valence-corrected chi connectivity index (χ0v) is 13.5. The van der Waals surface area contributed by atoms with Gasteiger partial charge < -0.3 is 15.5 Å². The van der Waals surface area contributed by atoms with E-state index in [4.69, 9.17) is 0 Å². The topological polar surface area (TPSA) is 61.4 Å². The molecule has 2 aromatic carbocycles. The van der Waals surface area contributed by atoms with Crippen LogP contribution >= 0.6 is 0 Å². The van der Waals surface area contributed by atoms with Crippen LogP contribution in [0.15, 0.2) is 42.5 Å². The minimum Gasteiger partial charge on any atom is -0.358 e. The van der Waals surface area contributed by atoms with Crippen molar-refractivity contribution in [3.63, 3.8) is 0 Å². The van der Waals surface area contributed by atoms with E-state index >= 15 is 0 Å². The molecule has 1 saturated heterocycles. The molecule has 0 radical (unpaired) electrons. The van der Waals surface area contributed by atoms with Crippen LogP contribution in [-0.4, -0.2) is 24.4 Å². The maximum atomic E-state index is 12.5. The molecule has 4 rings (SSSR count). The Balaban J connectivity index is 1.60. The zero-order valence-electron chi connectivity index (χ0n) is 13.5. The maximum absolute atomic E-state index is 12.5. The predicted octanol–water partition coefficient (Wildman–Crippen LogP) is 3.17. The van der Waals surface area contributed by atoms with Crippen molar-refractivity contribution in [2.45, 2.75) is 25.8 Å². The SMILES string of the molecule is Cc1cccc(NC(=O)c2ccc3c(c2)NC(=O)[C@@H]2CCCN32)c1. The van der Waals surface area contributed by atoms with E-state index in [0.29, 0.717) is 5.56 Å². The number of nitrogens with one attached hydrogen (secondary N) is 2. The van der Waals surface area contributed by atoms with Crippen molar-refractivity contribution in [3.05, 3.63) is 53.6 Å². The molecule has 0 aromatic heterocycles. The van der Waals surface area contributed by atoms with E-state index in [1.807, 2.05) is 43.3 Å². The van der Waals surface area contributed by atoms with Crippen molar-refractivity contribution in [1.82, 2.24) is 0 Å². The van der Waals surface area contributed by atoms with E-state index < -0.39 is 0 Å². The van der Waals surface area contributed by atoms with Crippen LogP contribution in [0.1, 0.15) is 28.8 Å². The van der Waals surface area contributed by atoms with Gasteiger partial charge in [0.15, 0.2) is 0 Å². The molecule has 2 N–H and O–H groups in total. The fourth-order valence-electron chi connectivity index (χ4n) is 3.50. The van der Waals surface area contributed by atoms with E-state index in [9.17, 15) is 9.59 Å². The first-order valence-electron chi connectivity index (χ1n) is 8.21. The van der Waals surface area contributed by atoms with E-state index in [2.05, 4.69) is 15.5 Å². The molecule has 122 valence electrons. The number of amides is 2. The first-order chi connectivity index (χ1) is 11.6. The predicted molar refractivity (Wildman–Crippen MR) is 94.6 cm³/mol. The zero-order chi connectivity index (χ0) is 16.7. The van der Waals surface area contributed by atoms with E-state index in [0.717, 1.165) is 42.0 Å². The summed E-state index contributed by atoms with van der Waals surface area (Å²) in [5.41, 5.74) is 4.11. The van der Waals surface area contributed by atoms with E-state index in [-0.39, 0.29) is 17.9 Å². The summed E-state index contributed by atoms with van der Waals surface area (Å²) in [6.45, 7) is 2.87. The highest BCUT2D eigenvalue weighted by atomic mass is 16.2. The van der Waals surface area contributed by atoms with Crippen LogP contribution in [0.25, 0.3) is 0 Å². The molecule has 2 heterocycles. The standard InChI is InChI=1S/C19H19N3O2/c1-12-4-2-5-14(10-12)20-18(23)13-7-8-16-15(11-13)21-19(24)17-6-3-9-22(16)17/h2,4-5,7-8,10-11,17H,3,6,9H2,1H3,(H,20,23)(H,21,24)/t17-/m0/s1. The molecular formula is C19H19N3O2. The molecule has 2 aliphatic rings. The Bertz CT molecular complexity index is 831. The molecule has 0 bridgehead atoms. The second-order valence-corrected chi connectivity index (χ2v) is 6.40. The average Bonchev–Trinajstić information content (AvgIpc) is 3.05. The lowest BCUT2D eigenvalue weighted by Gasteiger charge is -2.33. The van der Waals surface area contributed by atoms with Crippen molar-refractivity contribution < 1.29 is 9.59 Å². The van der Waals surface area contributed by atoms with Gasteiger partial charge in [0, 0.05) is 17.8 Å². The van der Waals surface area contributed by atoms with E-state index in [1.165, 1.54) is 0 Å². The number of carbonyl (C=O) groups excluding carboxylic acids is 2. The number of aryl methyl sites for hydroxylation is 1. The van der Waals surface area contributed by atoms with Gasteiger partial charge in [-0.1, -0.05) is 12.1 Å². The van der Waals surface area contributed by atoms with Gasteiger partial charge >= 0.3 is 0 Å². The van der Waals surface area contributed by atoms with Crippen molar-refractivity contribution >= 4 is 28.9 Å². The van der Waals surface area contributed by atoms with Gasteiger partial charge in [0.05, 0.1) is 11.4 Å². The quantitative estimate of drug-likeness (QED) is 0.893. The third-order valence-electron chi connectivity index (χ3n) is 4.66. The van der Waals surface area contributed by atoms with Gasteiger partial charge in [0.1, 0.15) is 6.04 Å². The third kappa shape index (κ3) is 2.52. The molecule has 0 unspecified atom stereocenters. The van der Waals surface area contributed by atoms with Gasteiger partial charge in [0.25, 0.3) is 5.91 Å². The molecule has 1 atom stereocenters. The Hall–Kier alpha value is -2.82. The van der Waals surface area contributed by atoms with Crippen LogP contribution in [0.4, 0.5) is 17.1 Å². The number of benzene rings is 2. The number of hydrogen-bond donors (Lipinski definition) is 2. The third-order valence-corrected chi connectivity index (χ3v) is 4.66. The first kappa shape index (κ1) is 14.8. The summed E-state index contributed by atoms with van der Waals surface area (Å²) in [4.78, 5) is 26.8. The molecule has 5 nitrogen and oxygen atoms in total. The largest absolute Gasteiger partial charge is 0.358 e. The molecule has 5 heteroatoms. The Morgan fingerprint density at radius 2 is 2.12 bits per heavy atom. The molecule has 1 fully saturated rings. The van der Waals surface area contributed by atoms with Crippen molar-refractivity contribution in [2.75, 3.05) is 22.1 Å². The average molecular weight is 321 g/mol. The summed E-state index contributed by atoms with van der Waals surface area (Å²) in [5, 5.41) is 5.84. The first-order valence-corrected chi connectivity index (χ1v) is 8.21. The normalized spacial score (nSPS) is 18.6. The molecule has 24 heavy (non-hydrogen) atoms. The van der Waals surface area contributed by atoms with Gasteiger partial charge in [0.2, 0.25) is 5.91 Å². The van der Waals surface area contributed by atoms with Gasteiger partial charge in [-0.2, -0.15) is 0 Å². The number of rotatable bonds is 2. The van der Waals surface area contributed by atoms with Crippen LogP contribution in [-0.2, 0) is 4.79 Å². The number of carbonyl (C=O) groups is 2. The van der Waals surface area contributed by atoms with Crippen molar-refractivity contribution in [1.29, 1.82) is 0 Å². The second-order valence-electron chi connectivity index (χ2n) is 6.40. The molecule has 2 amide bonds. The molecule has 2 aliphatic heterocycles. The van der Waals surface area contributed by atoms with Gasteiger partial charge in [-0.25, -0.2) is 0 Å². The minimum atomic E-state index is -0.179. The van der Waals surface area contributed by atoms with Crippen LogP contribution in [0.5, 0.6) is 0 Å². The fourth-order valence-corrected chi connectivity index (χ4v) is 3.50. The van der Waals surface area contributed by atoms with E-state index in [1.54, 1.807) is 6.07 Å². The number of fused-ring (bicyclic) bond motifs is 3. The summed E-state index contributed by atoms with van der Waals surface area (Å²) in [5.74, 6) is -0.155. The van der Waals surface area contributed by atoms with Crippen LogP contribution in [0, 0.1) is 6.92 Å². The number of nitrogens with zero attached hydrogens (tertiary/aromatic N) is 1. The molecule has 0 spiro atoms. The molecule has 0 saturated carbocycles. The minimum absolute atomic E-state index is 0.0243. The lowest BCUT2D eigenvalue weighted by Crippen LogP contribution is -2.43. The molecular weight excluding hydrogens is 302 g/mol. The van der Waals surface area contributed by atoms with Crippen LogP contribution in [0.3, 0.4) is 0 Å². The number of anilines is 3. The van der Waals surface area contributed by atoms with Gasteiger partial charge in [-0.05, 0) is 55.7 Å². The lowest BCUT2D eigenvalue weighted by atomic mass is 10.1. The highest BCUT2D eigenvalue weighted by molar-refractivity contribution is 6.08. The summed E-state index contributed by atoms with van der Waals surface area (Å²) < 4.78 is 0. The smallest absolute Gasteiger partial charge is 0.255 e. The summed E-state index contributed by atoms with van der Waals surface area (Å²) in [6, 6.07) is 13.1. The Morgan fingerprint density at radius 1 is 1.25 bits per heavy atom. The van der Waals surface area contributed by atoms with Crippen molar-refractivity contribution in [3.8, 4) is 0 Å². The Kier molecular flexibility index (Phi) is 3.49. The molecule has 2 aromatic rings. The lowest BCUT2D eigenvalue weighted by molar-refractivity contribution is -0.117. The Morgan fingerprint density at radius 3 is 2.96 bits per heavy atom. The maximum Gasteiger partial charge on any atom is 0.255 e. The second kappa shape index (κ2) is 5.67. The highest BCUT2D eigenvalue weighted by Crippen LogP contribution is 2.37. The van der Waals surface area contributed by atoms with Crippen LogP contribution in [0.2, 0.25) is 0 Å². The monoisotopic (exact) mass is 321 g/mol. The fraction of sp³-hybridized carbons (Fsp3) is 0.263. The number of hydrogen-bond acceptors (Lipinski definition) is 3. The summed E-state index contributed by atoms with van der Waals surface area (Å²) >= 11 is 0.